The van der Waals surface area contributed by atoms with E-state index in [1.54, 1.807) is 6.07 Å². The maximum atomic E-state index is 13.5. The van der Waals surface area contributed by atoms with Gasteiger partial charge in [-0.15, -0.1) is 0 Å². The Bertz CT molecular complexity index is 414. The van der Waals surface area contributed by atoms with Crippen LogP contribution in [0, 0.1) is 5.82 Å². The van der Waals surface area contributed by atoms with E-state index in [2.05, 4.69) is 0 Å². The van der Waals surface area contributed by atoms with Gasteiger partial charge in [0.2, 0.25) is 0 Å². The van der Waals surface area contributed by atoms with Gasteiger partial charge in [-0.2, -0.15) is 0 Å². The first-order chi connectivity index (χ1) is 7.70. The molecule has 0 spiro atoms. The molecule has 0 aliphatic heterocycles. The van der Waals surface area contributed by atoms with Crippen molar-refractivity contribution in [3.63, 3.8) is 0 Å². The van der Waals surface area contributed by atoms with Gasteiger partial charge in [-0.25, -0.2) is 4.39 Å². The van der Waals surface area contributed by atoms with Gasteiger partial charge in [-0.05, 0) is 42.5 Å². The van der Waals surface area contributed by atoms with Crippen molar-refractivity contribution in [1.82, 2.24) is 0 Å². The van der Waals surface area contributed by atoms with E-state index < -0.39 is 0 Å². The second-order valence-electron chi connectivity index (χ2n) is 4.10. The fourth-order valence-corrected chi connectivity index (χ4v) is 2.06. The summed E-state index contributed by atoms with van der Waals surface area (Å²) in [4.78, 5) is 0. The number of benzene rings is 1. The molecule has 0 aromatic heterocycles. The number of halogens is 1. The predicted molar refractivity (Wildman–Crippen MR) is 62.8 cm³/mol. The molecule has 2 rings (SSSR count). The Balaban J connectivity index is 2.30. The topological polar surface area (TPSA) is 35.2 Å². The van der Waals surface area contributed by atoms with Crippen LogP contribution in [-0.4, -0.2) is 13.2 Å². The highest BCUT2D eigenvalue weighted by Gasteiger charge is 2.13. The van der Waals surface area contributed by atoms with Crippen molar-refractivity contribution in [3.05, 3.63) is 35.7 Å². The van der Waals surface area contributed by atoms with Gasteiger partial charge in [-0.3, -0.25) is 0 Å². The number of allylic oxidation sites excluding steroid dienone is 1. The number of rotatable bonds is 2. The summed E-state index contributed by atoms with van der Waals surface area (Å²) >= 11 is 0. The second-order valence-corrected chi connectivity index (χ2v) is 4.10. The third kappa shape index (κ3) is 2.25. The smallest absolute Gasteiger partial charge is 0.165 e. The molecule has 0 fully saturated rings. The Kier molecular flexibility index (Phi) is 3.25. The van der Waals surface area contributed by atoms with Crippen LogP contribution in [0.1, 0.15) is 24.8 Å². The number of hydrogen-bond acceptors (Lipinski definition) is 2. The van der Waals surface area contributed by atoms with Crippen LogP contribution in [0.2, 0.25) is 0 Å². The van der Waals surface area contributed by atoms with Crippen LogP contribution < -0.4 is 10.5 Å². The molecule has 1 aromatic carbocycles. The Labute approximate surface area is 94.9 Å². The average molecular weight is 221 g/mol. The molecule has 0 bridgehead atoms. The minimum atomic E-state index is -0.319. The molecule has 2 nitrogen and oxygen atoms in total. The lowest BCUT2D eigenvalue weighted by Gasteiger charge is -2.18. The second kappa shape index (κ2) is 4.66. The molecule has 0 saturated carbocycles. The van der Waals surface area contributed by atoms with Crippen molar-refractivity contribution >= 4 is 5.57 Å². The van der Waals surface area contributed by atoms with E-state index in [4.69, 9.17) is 10.5 Å². The monoisotopic (exact) mass is 221 g/mol. The van der Waals surface area contributed by atoms with Crippen molar-refractivity contribution < 1.29 is 9.13 Å². The molecule has 0 heterocycles. The fourth-order valence-electron chi connectivity index (χ4n) is 2.06. The van der Waals surface area contributed by atoms with E-state index >= 15 is 0 Å². The van der Waals surface area contributed by atoms with Crippen molar-refractivity contribution in [2.45, 2.75) is 25.3 Å². The molecule has 1 aromatic rings. The van der Waals surface area contributed by atoms with E-state index in [0.29, 0.717) is 0 Å². The maximum Gasteiger partial charge on any atom is 0.165 e. The molecule has 0 radical (unpaired) electrons. The number of hydrogen-bond donors (Lipinski definition) is 1. The van der Waals surface area contributed by atoms with Crippen molar-refractivity contribution in [1.29, 1.82) is 0 Å². The molecule has 1 atom stereocenters. The first-order valence-electron chi connectivity index (χ1n) is 5.51. The Hall–Kier alpha value is -1.35. The molecule has 3 heteroatoms. The van der Waals surface area contributed by atoms with Crippen LogP contribution in [-0.2, 0) is 0 Å². The summed E-state index contributed by atoms with van der Waals surface area (Å²) in [5.74, 6) is -0.0375. The first kappa shape index (κ1) is 11.1. The molecule has 1 unspecified atom stereocenters. The zero-order chi connectivity index (χ0) is 11.5. The van der Waals surface area contributed by atoms with E-state index in [-0.39, 0.29) is 17.6 Å². The van der Waals surface area contributed by atoms with Gasteiger partial charge in [0.1, 0.15) is 0 Å². The van der Waals surface area contributed by atoms with Crippen LogP contribution in [0.4, 0.5) is 4.39 Å². The lowest BCUT2D eigenvalue weighted by molar-refractivity contribution is 0.386. The van der Waals surface area contributed by atoms with Gasteiger partial charge in [0.25, 0.3) is 0 Å². The summed E-state index contributed by atoms with van der Waals surface area (Å²) in [5.41, 5.74) is 7.91. The molecule has 0 saturated heterocycles. The Morgan fingerprint density at radius 2 is 2.25 bits per heavy atom. The minimum absolute atomic E-state index is 0.105. The standard InChI is InChI=1S/C13H16FNO/c1-16-13-6-5-10(8-12(13)14)9-3-2-4-11(15)7-9/h5-8,11H,2-4,15H2,1H3. The number of methoxy groups -OCH3 is 1. The van der Waals surface area contributed by atoms with Gasteiger partial charge in [-0.1, -0.05) is 12.1 Å². The van der Waals surface area contributed by atoms with Gasteiger partial charge in [0.05, 0.1) is 7.11 Å². The number of ether oxygens (including phenoxy) is 1. The first-order valence-corrected chi connectivity index (χ1v) is 5.51. The molecule has 86 valence electrons. The molecule has 1 aliphatic carbocycles. The predicted octanol–water partition coefficient (Wildman–Crippen LogP) is 2.73. The lowest BCUT2D eigenvalue weighted by atomic mass is 9.91. The molecular weight excluding hydrogens is 205 g/mol. The minimum Gasteiger partial charge on any atom is -0.494 e. The van der Waals surface area contributed by atoms with Gasteiger partial charge < -0.3 is 10.5 Å². The average Bonchev–Trinajstić information content (AvgIpc) is 2.29. The summed E-state index contributed by atoms with van der Waals surface area (Å²) in [7, 11) is 1.47. The highest BCUT2D eigenvalue weighted by atomic mass is 19.1. The maximum absolute atomic E-state index is 13.5. The van der Waals surface area contributed by atoms with Crippen LogP contribution >= 0.6 is 0 Å². The third-order valence-corrected chi connectivity index (χ3v) is 2.92. The third-order valence-electron chi connectivity index (χ3n) is 2.92. The molecular formula is C13H16FNO. The fraction of sp³-hybridized carbons (Fsp3) is 0.385. The summed E-state index contributed by atoms with van der Waals surface area (Å²) in [6, 6.07) is 5.16. The quantitative estimate of drug-likeness (QED) is 0.833. The van der Waals surface area contributed by atoms with E-state index in [1.165, 1.54) is 13.2 Å². The normalized spacial score (nSPS) is 20.4. The highest BCUT2D eigenvalue weighted by Crippen LogP contribution is 2.29. The van der Waals surface area contributed by atoms with Gasteiger partial charge in [0, 0.05) is 6.04 Å². The summed E-state index contributed by atoms with van der Waals surface area (Å²) < 4.78 is 18.4. The largest absolute Gasteiger partial charge is 0.494 e. The van der Waals surface area contributed by atoms with Crippen LogP contribution in [0.3, 0.4) is 0 Å². The van der Waals surface area contributed by atoms with Crippen LogP contribution in [0.25, 0.3) is 5.57 Å². The Morgan fingerprint density at radius 3 is 2.88 bits per heavy atom. The van der Waals surface area contributed by atoms with Crippen molar-refractivity contribution in [2.75, 3.05) is 7.11 Å². The zero-order valence-electron chi connectivity index (χ0n) is 9.37. The number of nitrogens with two attached hydrogens (primary N) is 1. The molecule has 0 amide bonds. The van der Waals surface area contributed by atoms with E-state index in [1.807, 2.05) is 12.1 Å². The SMILES string of the molecule is COc1ccc(C2=CC(N)CCC2)cc1F. The van der Waals surface area contributed by atoms with Crippen LogP contribution in [0.5, 0.6) is 5.75 Å². The lowest BCUT2D eigenvalue weighted by Crippen LogP contribution is -2.20. The summed E-state index contributed by atoms with van der Waals surface area (Å²) in [5, 5.41) is 0. The highest BCUT2D eigenvalue weighted by molar-refractivity contribution is 5.67. The molecule has 1 aliphatic rings. The van der Waals surface area contributed by atoms with Gasteiger partial charge >= 0.3 is 0 Å². The van der Waals surface area contributed by atoms with E-state index in [9.17, 15) is 4.39 Å². The van der Waals surface area contributed by atoms with Crippen molar-refractivity contribution in [2.24, 2.45) is 5.73 Å². The van der Waals surface area contributed by atoms with Crippen molar-refractivity contribution in [3.8, 4) is 5.75 Å². The van der Waals surface area contributed by atoms with E-state index in [0.717, 1.165) is 30.4 Å². The summed E-state index contributed by atoms with van der Waals surface area (Å²) in [6.45, 7) is 0. The molecule has 2 N–H and O–H groups in total. The van der Waals surface area contributed by atoms with Gasteiger partial charge in [0.15, 0.2) is 11.6 Å². The Morgan fingerprint density at radius 1 is 1.44 bits per heavy atom. The summed E-state index contributed by atoms with van der Waals surface area (Å²) in [6.07, 6.45) is 5.09. The molecule has 16 heavy (non-hydrogen) atoms. The van der Waals surface area contributed by atoms with Crippen LogP contribution in [0.15, 0.2) is 24.3 Å². The zero-order valence-corrected chi connectivity index (χ0v) is 9.37.